The van der Waals surface area contributed by atoms with Crippen LogP contribution in [0.25, 0.3) is 0 Å². The van der Waals surface area contributed by atoms with E-state index in [0.29, 0.717) is 0 Å². The molecule has 0 aromatic heterocycles. The number of fused-ring (bicyclic) bond motifs is 5. The predicted molar refractivity (Wildman–Crippen MR) is 133 cm³/mol. The molecule has 4 fully saturated rings. The number of hydrogen-bond donors (Lipinski definition) is 0. The molecule has 0 saturated heterocycles. The molecule has 160 valence electrons. The van der Waals surface area contributed by atoms with Crippen LogP contribution in [-0.2, 0) is 0 Å². The minimum absolute atomic E-state index is 0.838. The summed E-state index contributed by atoms with van der Waals surface area (Å²) >= 11 is 4.57. The van der Waals surface area contributed by atoms with E-state index in [4.69, 9.17) is 0 Å². The summed E-state index contributed by atoms with van der Waals surface area (Å²) in [4.78, 5) is 3.25. The number of rotatable bonds is 2. The second-order valence-corrected chi connectivity index (χ2v) is 20.1. The lowest BCUT2D eigenvalue weighted by molar-refractivity contribution is 0.155. The molecule has 0 aromatic rings. The highest BCUT2D eigenvalue weighted by molar-refractivity contribution is 8.05. The van der Waals surface area contributed by atoms with Crippen molar-refractivity contribution in [2.24, 2.45) is 41.4 Å². The van der Waals surface area contributed by atoms with Crippen LogP contribution in [-0.4, -0.2) is 18.6 Å². The second-order valence-electron chi connectivity index (χ2n) is 12.3. The zero-order valence-corrected chi connectivity index (χ0v) is 21.7. The maximum absolute atomic E-state index is 2.86. The van der Waals surface area contributed by atoms with Gasteiger partial charge in [-0.25, -0.2) is 0 Å². The van der Waals surface area contributed by atoms with E-state index in [1.54, 1.807) is 41.9 Å². The summed E-state index contributed by atoms with van der Waals surface area (Å²) in [5, 5.41) is 1.80. The Morgan fingerprint density at radius 2 is 1.38 bits per heavy atom. The van der Waals surface area contributed by atoms with Gasteiger partial charge >= 0.3 is 0 Å². The molecule has 0 radical (unpaired) electrons. The molecule has 2 heterocycles. The molecule has 4 aliphatic carbocycles. The maximum Gasteiger partial charge on any atom is 0.0566 e. The fraction of sp³-hybridized carbons (Fsp3) is 0.846. The van der Waals surface area contributed by atoms with Crippen molar-refractivity contribution in [3.63, 3.8) is 0 Å². The largest absolute Gasteiger partial charge is 0.127 e. The first-order valence-electron chi connectivity index (χ1n) is 12.5. The van der Waals surface area contributed by atoms with E-state index in [1.807, 2.05) is 0 Å². The van der Waals surface area contributed by atoms with Crippen LogP contribution >= 0.6 is 23.5 Å². The Morgan fingerprint density at radius 1 is 0.793 bits per heavy atom. The lowest BCUT2D eigenvalue weighted by atomic mass is 9.71. The zero-order valence-electron chi connectivity index (χ0n) is 19.1. The summed E-state index contributed by atoms with van der Waals surface area (Å²) in [6, 6.07) is 0. The molecule has 0 spiro atoms. The van der Waals surface area contributed by atoms with Gasteiger partial charge in [-0.3, -0.25) is 0 Å². The molecule has 3 heteroatoms. The van der Waals surface area contributed by atoms with E-state index in [0.717, 1.165) is 63.0 Å². The van der Waals surface area contributed by atoms with E-state index in [1.165, 1.54) is 6.42 Å². The highest BCUT2D eigenvalue weighted by atomic mass is 32.2. The first-order chi connectivity index (χ1) is 13.8. The second kappa shape index (κ2) is 6.95. The van der Waals surface area contributed by atoms with Crippen molar-refractivity contribution in [2.75, 3.05) is 0 Å². The maximum atomic E-state index is 2.86. The minimum atomic E-state index is -1.39. The monoisotopic (exact) mass is 444 g/mol. The van der Waals surface area contributed by atoms with E-state index >= 15 is 0 Å². The molecule has 6 aliphatic rings. The zero-order chi connectivity index (χ0) is 20.1. The highest BCUT2D eigenvalue weighted by Gasteiger charge is 2.63. The van der Waals surface area contributed by atoms with Gasteiger partial charge in [0.1, 0.15) is 0 Å². The summed E-state index contributed by atoms with van der Waals surface area (Å²) in [6.45, 7) is 13.2. The van der Waals surface area contributed by atoms with E-state index in [2.05, 4.69) is 69.5 Å². The van der Waals surface area contributed by atoms with Crippen LogP contribution in [0.4, 0.5) is 0 Å². The van der Waals surface area contributed by atoms with Crippen LogP contribution in [0.2, 0.25) is 24.2 Å². The van der Waals surface area contributed by atoms with Crippen LogP contribution in [0, 0.1) is 41.4 Å². The molecule has 0 aromatic carbocycles. The Kier molecular flexibility index (Phi) is 4.80. The van der Waals surface area contributed by atoms with E-state index in [9.17, 15) is 0 Å². The molecule has 2 aliphatic heterocycles. The first kappa shape index (κ1) is 20.0. The third-order valence-corrected chi connectivity index (χ3v) is 18.9. The molecule has 0 amide bonds. The Bertz CT molecular complexity index is 722. The molecule has 0 N–H and O–H groups in total. The van der Waals surface area contributed by atoms with Crippen molar-refractivity contribution >= 4 is 31.6 Å². The van der Waals surface area contributed by atoms with Crippen molar-refractivity contribution in [3.8, 4) is 0 Å². The van der Waals surface area contributed by atoms with Gasteiger partial charge in [0.25, 0.3) is 0 Å². The van der Waals surface area contributed by atoms with Gasteiger partial charge < -0.3 is 0 Å². The quantitative estimate of drug-likeness (QED) is 0.394. The van der Waals surface area contributed by atoms with Crippen molar-refractivity contribution in [2.45, 2.75) is 94.0 Å². The topological polar surface area (TPSA) is 0 Å². The standard InChI is InChI=1S/C26H40S2Si/c1-14-9-19-12-17-7-6-8-18(17)13-20(19)25(14)29(4,5)26-23-21(10-15(2)27-23)22-11-16(3)28-24(22)26/h10-11,14,17-26H,6-9,12-13H2,1-5H3. The average molecular weight is 445 g/mol. The third-order valence-electron chi connectivity index (χ3n) is 10.5. The lowest BCUT2D eigenvalue weighted by Gasteiger charge is -2.47. The van der Waals surface area contributed by atoms with Gasteiger partial charge in [0, 0.05) is 10.5 Å². The smallest absolute Gasteiger partial charge is 0.0566 e. The fourth-order valence-electron chi connectivity index (χ4n) is 9.82. The van der Waals surface area contributed by atoms with Gasteiger partial charge in [0.05, 0.1) is 8.07 Å². The number of thioether (sulfide) groups is 2. The lowest BCUT2D eigenvalue weighted by Crippen LogP contribution is -2.48. The molecule has 0 bridgehead atoms. The van der Waals surface area contributed by atoms with Crippen LogP contribution in [0.15, 0.2) is 22.0 Å². The minimum Gasteiger partial charge on any atom is -0.127 e. The fourth-order valence-corrected chi connectivity index (χ4v) is 20.9. The SMILES string of the molecule is CC1=CC2C3C=C(C)SC3C([Si](C)(C)C3C(C)CC4CC5CCCC5CC43)C2S1. The van der Waals surface area contributed by atoms with E-state index < -0.39 is 8.07 Å². The van der Waals surface area contributed by atoms with Crippen LogP contribution in [0.3, 0.4) is 0 Å². The highest BCUT2D eigenvalue weighted by Crippen LogP contribution is 2.69. The molecule has 4 saturated carbocycles. The van der Waals surface area contributed by atoms with Crippen molar-refractivity contribution in [1.82, 2.24) is 0 Å². The Balaban J connectivity index is 1.33. The van der Waals surface area contributed by atoms with Gasteiger partial charge in [-0.05, 0) is 95.4 Å². The van der Waals surface area contributed by atoms with Crippen LogP contribution < -0.4 is 0 Å². The molecular weight excluding hydrogens is 405 g/mol. The van der Waals surface area contributed by atoms with Crippen molar-refractivity contribution < 1.29 is 0 Å². The van der Waals surface area contributed by atoms with Gasteiger partial charge in [0.2, 0.25) is 0 Å². The van der Waals surface area contributed by atoms with E-state index in [-0.39, 0.29) is 0 Å². The van der Waals surface area contributed by atoms with Crippen molar-refractivity contribution in [1.29, 1.82) is 0 Å². The summed E-state index contributed by atoms with van der Waals surface area (Å²) in [6.07, 6.45) is 14.8. The van der Waals surface area contributed by atoms with Crippen LogP contribution in [0.5, 0.6) is 0 Å². The molecule has 29 heavy (non-hydrogen) atoms. The Hall–Kier alpha value is 0.397. The molecular formula is C26H40S2Si. The summed E-state index contributed by atoms with van der Waals surface area (Å²) in [5.74, 6) is 7.05. The van der Waals surface area contributed by atoms with Gasteiger partial charge in [-0.1, -0.05) is 51.4 Å². The molecule has 10 unspecified atom stereocenters. The van der Waals surface area contributed by atoms with Crippen LogP contribution in [0.1, 0.15) is 59.3 Å². The predicted octanol–water partition coefficient (Wildman–Crippen LogP) is 8.20. The van der Waals surface area contributed by atoms with Gasteiger partial charge in [0.15, 0.2) is 0 Å². The average Bonchev–Trinajstić information content (AvgIpc) is 3.40. The van der Waals surface area contributed by atoms with Gasteiger partial charge in [-0.2, -0.15) is 0 Å². The molecule has 0 nitrogen and oxygen atoms in total. The molecule has 10 atom stereocenters. The number of allylic oxidation sites excluding steroid dienone is 4. The number of hydrogen-bond acceptors (Lipinski definition) is 2. The Morgan fingerprint density at radius 3 is 2.00 bits per heavy atom. The summed E-state index contributed by atoms with van der Waals surface area (Å²) in [7, 11) is -1.39. The Labute approximate surface area is 188 Å². The first-order valence-corrected chi connectivity index (χ1v) is 17.5. The third kappa shape index (κ3) is 2.91. The summed E-state index contributed by atoms with van der Waals surface area (Å²) in [5.41, 5.74) is 2.09. The van der Waals surface area contributed by atoms with Crippen molar-refractivity contribution in [3.05, 3.63) is 22.0 Å². The summed E-state index contributed by atoms with van der Waals surface area (Å²) < 4.78 is 0. The van der Waals surface area contributed by atoms with Gasteiger partial charge in [-0.15, -0.1) is 23.5 Å². The normalized spacial score (nSPS) is 53.3. The molecule has 6 rings (SSSR count).